The van der Waals surface area contributed by atoms with Crippen LogP contribution in [0.5, 0.6) is 5.75 Å². The molecule has 1 aromatic heterocycles. The Hall–Kier alpha value is -2.93. The van der Waals surface area contributed by atoms with E-state index < -0.39 is 11.7 Å². The highest BCUT2D eigenvalue weighted by Gasteiger charge is 2.37. The lowest BCUT2D eigenvalue weighted by Crippen LogP contribution is -2.51. The first-order valence-electron chi connectivity index (χ1n) is 8.60. The zero-order valence-corrected chi connectivity index (χ0v) is 14.6. The van der Waals surface area contributed by atoms with E-state index in [2.05, 4.69) is 14.8 Å². The van der Waals surface area contributed by atoms with Gasteiger partial charge in [-0.2, -0.15) is 0 Å². The molecule has 2 aliphatic heterocycles. The number of methoxy groups -OCH3 is 1. The lowest BCUT2D eigenvalue weighted by Gasteiger charge is -2.37. The number of hydrogen-bond acceptors (Lipinski definition) is 6. The Morgan fingerprint density at radius 2 is 1.88 bits per heavy atom. The first-order chi connectivity index (χ1) is 12.7. The van der Waals surface area contributed by atoms with Gasteiger partial charge in [0, 0.05) is 32.4 Å². The van der Waals surface area contributed by atoms with Gasteiger partial charge in [0.05, 0.1) is 25.0 Å². The summed E-state index contributed by atoms with van der Waals surface area (Å²) in [5.74, 6) is 0.610. The Bertz CT molecular complexity index is 832. The van der Waals surface area contributed by atoms with Gasteiger partial charge in [0.1, 0.15) is 11.6 Å². The molecule has 0 spiro atoms. The van der Waals surface area contributed by atoms with E-state index >= 15 is 0 Å². The molecule has 26 heavy (non-hydrogen) atoms. The molecule has 1 aromatic carbocycles. The number of carbonyl (C=O) groups is 2. The van der Waals surface area contributed by atoms with Crippen molar-refractivity contribution in [1.29, 1.82) is 0 Å². The number of aromatic nitrogens is 1. The van der Waals surface area contributed by atoms with Crippen LogP contribution in [0.1, 0.15) is 10.4 Å². The fourth-order valence-electron chi connectivity index (χ4n) is 3.41. The van der Waals surface area contributed by atoms with E-state index in [1.165, 1.54) is 0 Å². The molecule has 4 rings (SSSR count). The van der Waals surface area contributed by atoms with E-state index in [1.54, 1.807) is 36.4 Å². The van der Waals surface area contributed by atoms with Crippen LogP contribution in [0, 0.1) is 0 Å². The second-order valence-electron chi connectivity index (χ2n) is 6.38. The Kier molecular flexibility index (Phi) is 4.30. The van der Waals surface area contributed by atoms with E-state index in [9.17, 15) is 9.59 Å². The zero-order valence-electron chi connectivity index (χ0n) is 14.6. The average molecular weight is 352 g/mol. The van der Waals surface area contributed by atoms with Gasteiger partial charge in [-0.15, -0.1) is 0 Å². The van der Waals surface area contributed by atoms with E-state index in [0.717, 1.165) is 32.0 Å². The summed E-state index contributed by atoms with van der Waals surface area (Å²) in [6, 6.07) is 11.1. The first kappa shape index (κ1) is 16.5. The number of piperazine rings is 1. The second-order valence-corrected chi connectivity index (χ2v) is 6.38. The number of nitrogens with zero attached hydrogens (tertiary/aromatic N) is 4. The van der Waals surface area contributed by atoms with Gasteiger partial charge >= 0.3 is 5.91 Å². The van der Waals surface area contributed by atoms with E-state index in [-0.39, 0.29) is 0 Å². The van der Waals surface area contributed by atoms with Gasteiger partial charge < -0.3 is 9.64 Å². The van der Waals surface area contributed by atoms with Gasteiger partial charge in [0.15, 0.2) is 0 Å². The fraction of sp³-hybridized carbons (Fsp3) is 0.316. The van der Waals surface area contributed by atoms with Crippen LogP contribution in [0.15, 0.2) is 42.6 Å². The predicted octanol–water partition coefficient (Wildman–Crippen LogP) is 1.40. The van der Waals surface area contributed by atoms with Crippen molar-refractivity contribution in [2.75, 3.05) is 49.8 Å². The maximum absolute atomic E-state index is 12.4. The third kappa shape index (κ3) is 2.90. The van der Waals surface area contributed by atoms with Crippen LogP contribution in [0.2, 0.25) is 0 Å². The quantitative estimate of drug-likeness (QED) is 0.775. The summed E-state index contributed by atoms with van der Waals surface area (Å²) in [6.07, 6.45) is 1.79. The molecule has 0 atom stereocenters. The van der Waals surface area contributed by atoms with Gasteiger partial charge in [-0.05, 0) is 30.3 Å². The number of benzene rings is 1. The molecule has 134 valence electrons. The van der Waals surface area contributed by atoms with Gasteiger partial charge in [0.2, 0.25) is 0 Å². The summed E-state index contributed by atoms with van der Waals surface area (Å²) in [5.41, 5.74) is 1.08. The number of fused-ring (bicyclic) bond motifs is 1. The van der Waals surface area contributed by atoms with Crippen molar-refractivity contribution in [1.82, 2.24) is 9.88 Å². The average Bonchev–Trinajstić information content (AvgIpc) is 2.93. The smallest absolute Gasteiger partial charge is 0.300 e. The molecule has 3 heterocycles. The molecule has 1 saturated heterocycles. The molecule has 1 amide bonds. The molecule has 0 N–H and O–H groups in total. The number of carbonyl (C=O) groups excluding carboxylic acids is 2. The maximum atomic E-state index is 12.4. The minimum Gasteiger partial charge on any atom is -0.497 e. The molecular weight excluding hydrogens is 332 g/mol. The number of anilines is 2. The Balaban J connectivity index is 1.44. The number of rotatable bonds is 4. The van der Waals surface area contributed by atoms with Crippen LogP contribution in [0.3, 0.4) is 0 Å². The summed E-state index contributed by atoms with van der Waals surface area (Å²) in [6.45, 7) is 3.70. The van der Waals surface area contributed by atoms with Crippen LogP contribution in [0.25, 0.3) is 0 Å². The Morgan fingerprint density at radius 3 is 2.58 bits per heavy atom. The molecule has 1 fully saturated rings. The molecule has 0 saturated carbocycles. The highest BCUT2D eigenvalue weighted by Crippen LogP contribution is 2.32. The summed E-state index contributed by atoms with van der Waals surface area (Å²) < 4.78 is 5.16. The molecule has 2 aliphatic rings. The largest absolute Gasteiger partial charge is 0.497 e. The van der Waals surface area contributed by atoms with Gasteiger partial charge in [0.25, 0.3) is 5.78 Å². The van der Waals surface area contributed by atoms with Crippen LogP contribution < -0.4 is 14.5 Å². The van der Waals surface area contributed by atoms with Crippen molar-refractivity contribution in [2.45, 2.75) is 0 Å². The minimum atomic E-state index is -0.472. The normalized spacial score (nSPS) is 17.6. The molecule has 7 nitrogen and oxygen atoms in total. The second kappa shape index (κ2) is 6.76. The van der Waals surface area contributed by atoms with Gasteiger partial charge in [-0.1, -0.05) is 6.07 Å². The number of amides is 1. The molecule has 0 bridgehead atoms. The van der Waals surface area contributed by atoms with Crippen LogP contribution in [-0.2, 0) is 4.79 Å². The number of hydrogen-bond donors (Lipinski definition) is 0. The number of ketones is 1. The molecular formula is C19H20N4O3. The topological polar surface area (TPSA) is 66.0 Å². The Morgan fingerprint density at radius 1 is 1.08 bits per heavy atom. The van der Waals surface area contributed by atoms with E-state index in [0.29, 0.717) is 23.7 Å². The monoisotopic (exact) mass is 352 g/mol. The number of ether oxygens (including phenoxy) is 1. The minimum absolute atomic E-state index is 0.417. The van der Waals surface area contributed by atoms with Crippen molar-refractivity contribution < 1.29 is 14.3 Å². The number of Topliss-reactive ketones (excluding diaryl/α,β-unsaturated/α-hetero) is 1. The van der Waals surface area contributed by atoms with E-state index in [4.69, 9.17) is 4.74 Å². The number of pyridine rings is 1. The summed E-state index contributed by atoms with van der Waals surface area (Å²) in [7, 11) is 1.54. The van der Waals surface area contributed by atoms with Crippen molar-refractivity contribution in [3.05, 3.63) is 48.2 Å². The maximum Gasteiger partial charge on any atom is 0.300 e. The van der Waals surface area contributed by atoms with E-state index in [1.807, 2.05) is 18.2 Å². The lowest BCUT2D eigenvalue weighted by atomic mass is 10.1. The van der Waals surface area contributed by atoms with Crippen molar-refractivity contribution in [3.63, 3.8) is 0 Å². The molecule has 0 aliphatic carbocycles. The van der Waals surface area contributed by atoms with Crippen molar-refractivity contribution in [2.24, 2.45) is 0 Å². The first-order valence-corrected chi connectivity index (χ1v) is 8.60. The third-order valence-corrected chi connectivity index (χ3v) is 4.87. The SMILES string of the molecule is COc1ccc2c(c1)C(=O)C(=O)N2CN1CCN(c2ccccn2)CC1. The Labute approximate surface area is 151 Å². The fourth-order valence-corrected chi connectivity index (χ4v) is 3.41. The zero-order chi connectivity index (χ0) is 18.1. The molecule has 0 radical (unpaired) electrons. The molecule has 2 aromatic rings. The highest BCUT2D eigenvalue weighted by molar-refractivity contribution is 6.52. The molecule has 7 heteroatoms. The van der Waals surface area contributed by atoms with Crippen LogP contribution >= 0.6 is 0 Å². The van der Waals surface area contributed by atoms with Gasteiger partial charge in [-0.3, -0.25) is 19.4 Å². The predicted molar refractivity (Wildman–Crippen MR) is 97.7 cm³/mol. The highest BCUT2D eigenvalue weighted by atomic mass is 16.5. The molecule has 0 unspecified atom stereocenters. The third-order valence-electron chi connectivity index (χ3n) is 4.87. The summed E-state index contributed by atoms with van der Waals surface area (Å²) in [5, 5.41) is 0. The lowest BCUT2D eigenvalue weighted by molar-refractivity contribution is -0.114. The summed E-state index contributed by atoms with van der Waals surface area (Å²) >= 11 is 0. The summed E-state index contributed by atoms with van der Waals surface area (Å²) in [4.78, 5) is 35.0. The van der Waals surface area contributed by atoms with Gasteiger partial charge in [-0.25, -0.2) is 4.98 Å². The standard InChI is InChI=1S/C19H20N4O3/c1-26-14-5-6-16-15(12-14)18(24)19(25)23(16)13-21-8-10-22(11-9-21)17-4-2-3-7-20-17/h2-7,12H,8-11,13H2,1H3. The van der Waals surface area contributed by atoms with Crippen LogP contribution in [-0.4, -0.2) is 61.5 Å². The van der Waals surface area contributed by atoms with Crippen LogP contribution in [0.4, 0.5) is 11.5 Å². The van der Waals surface area contributed by atoms with Crippen molar-refractivity contribution >= 4 is 23.2 Å². The van der Waals surface area contributed by atoms with Crippen molar-refractivity contribution in [3.8, 4) is 5.75 Å².